The Bertz CT molecular complexity index is 1010. The molecule has 0 aliphatic rings. The first kappa shape index (κ1) is 21.4. The lowest BCUT2D eigenvalue weighted by Gasteiger charge is -2.10. The van der Waals surface area contributed by atoms with E-state index in [1.54, 1.807) is 0 Å². The fourth-order valence-electron chi connectivity index (χ4n) is 2.79. The molecule has 0 bridgehead atoms. The van der Waals surface area contributed by atoms with Gasteiger partial charge in [-0.15, -0.1) is 10.2 Å². The van der Waals surface area contributed by atoms with Crippen molar-refractivity contribution in [3.05, 3.63) is 63.9 Å². The summed E-state index contributed by atoms with van der Waals surface area (Å²) in [5.41, 5.74) is 2.95. The molecular formula is C21H23BrN4O2S. The molecule has 1 heterocycles. The van der Waals surface area contributed by atoms with E-state index in [0.29, 0.717) is 18.3 Å². The van der Waals surface area contributed by atoms with E-state index in [0.717, 1.165) is 32.9 Å². The molecule has 0 aliphatic carbocycles. The highest BCUT2D eigenvalue weighted by Gasteiger charge is 2.14. The van der Waals surface area contributed by atoms with Gasteiger partial charge in [0.15, 0.2) is 11.0 Å². The number of benzene rings is 2. The molecule has 0 unspecified atom stereocenters. The Hall–Kier alpha value is -2.32. The number of halogens is 1. The molecule has 8 heteroatoms. The first-order valence-electron chi connectivity index (χ1n) is 9.26. The van der Waals surface area contributed by atoms with E-state index in [1.165, 1.54) is 11.8 Å². The van der Waals surface area contributed by atoms with E-state index >= 15 is 0 Å². The highest BCUT2D eigenvalue weighted by molar-refractivity contribution is 9.10. The van der Waals surface area contributed by atoms with Crippen LogP contribution >= 0.6 is 27.7 Å². The van der Waals surface area contributed by atoms with Crippen molar-refractivity contribution in [2.75, 3.05) is 11.1 Å². The van der Waals surface area contributed by atoms with Gasteiger partial charge in [-0.2, -0.15) is 0 Å². The van der Waals surface area contributed by atoms with Gasteiger partial charge in [0.2, 0.25) is 5.91 Å². The van der Waals surface area contributed by atoms with Gasteiger partial charge in [0.05, 0.1) is 5.75 Å². The predicted octanol–water partition coefficient (Wildman–Crippen LogP) is 4.99. The molecule has 1 amide bonds. The fourth-order valence-corrected chi connectivity index (χ4v) is 4.08. The molecule has 0 radical (unpaired) electrons. The monoisotopic (exact) mass is 474 g/mol. The van der Waals surface area contributed by atoms with Crippen LogP contribution in [0.15, 0.2) is 52.1 Å². The van der Waals surface area contributed by atoms with Crippen molar-refractivity contribution in [3.8, 4) is 5.75 Å². The van der Waals surface area contributed by atoms with Gasteiger partial charge in [-0.05, 0) is 62.2 Å². The third kappa shape index (κ3) is 5.83. The summed E-state index contributed by atoms with van der Waals surface area (Å²) in [6, 6.07) is 13.7. The van der Waals surface area contributed by atoms with Crippen molar-refractivity contribution in [2.24, 2.45) is 0 Å². The number of carbonyl (C=O) groups is 1. The van der Waals surface area contributed by atoms with Crippen molar-refractivity contribution < 1.29 is 9.53 Å². The zero-order valence-corrected chi connectivity index (χ0v) is 19.0. The topological polar surface area (TPSA) is 69.0 Å². The third-order valence-corrected chi connectivity index (χ3v) is 5.72. The molecule has 6 nitrogen and oxygen atoms in total. The third-order valence-electron chi connectivity index (χ3n) is 4.26. The normalized spacial score (nSPS) is 10.8. The zero-order valence-electron chi connectivity index (χ0n) is 16.6. The van der Waals surface area contributed by atoms with Crippen molar-refractivity contribution in [1.82, 2.24) is 14.8 Å². The number of hydrogen-bond donors (Lipinski definition) is 1. The maximum atomic E-state index is 12.3. The smallest absolute Gasteiger partial charge is 0.234 e. The summed E-state index contributed by atoms with van der Waals surface area (Å²) in [4.78, 5) is 12.3. The summed E-state index contributed by atoms with van der Waals surface area (Å²) in [6.07, 6.45) is 0. The number of rotatable bonds is 8. The van der Waals surface area contributed by atoms with E-state index in [2.05, 4.69) is 31.4 Å². The lowest BCUT2D eigenvalue weighted by atomic mass is 10.2. The summed E-state index contributed by atoms with van der Waals surface area (Å²) in [6.45, 7) is 7.04. The summed E-state index contributed by atoms with van der Waals surface area (Å²) < 4.78 is 8.80. The fraction of sp³-hybridized carbons (Fsp3) is 0.286. The predicted molar refractivity (Wildman–Crippen MR) is 119 cm³/mol. The zero-order chi connectivity index (χ0) is 20.8. The standard InChI is InChI=1S/C21H23BrN4O2S/c1-4-26-19(12-28-17-7-5-6-14(2)10-17)24-25-21(26)29-13-20(27)23-18-9-8-16(22)11-15(18)3/h5-11H,4,12-13H2,1-3H3,(H,23,27). The second-order valence-corrected chi connectivity index (χ2v) is 8.40. The van der Waals surface area contributed by atoms with Crippen molar-refractivity contribution in [3.63, 3.8) is 0 Å². The molecule has 0 atom stereocenters. The van der Waals surface area contributed by atoms with Crippen LogP contribution in [-0.2, 0) is 17.9 Å². The van der Waals surface area contributed by atoms with Crippen molar-refractivity contribution in [2.45, 2.75) is 39.1 Å². The Morgan fingerprint density at radius 2 is 2.03 bits per heavy atom. The highest BCUT2D eigenvalue weighted by atomic mass is 79.9. The van der Waals surface area contributed by atoms with Gasteiger partial charge in [0.1, 0.15) is 12.4 Å². The Kier molecular flexibility index (Phi) is 7.33. The lowest BCUT2D eigenvalue weighted by Crippen LogP contribution is -2.15. The van der Waals surface area contributed by atoms with Crippen LogP contribution in [0.1, 0.15) is 23.9 Å². The second kappa shape index (κ2) is 9.93. The van der Waals surface area contributed by atoms with Crippen LogP contribution in [0.3, 0.4) is 0 Å². The van der Waals surface area contributed by atoms with Gasteiger partial charge < -0.3 is 14.6 Å². The largest absolute Gasteiger partial charge is 0.486 e. The van der Waals surface area contributed by atoms with Crippen LogP contribution in [0.2, 0.25) is 0 Å². The molecule has 152 valence electrons. The summed E-state index contributed by atoms with van der Waals surface area (Å²) in [5.74, 6) is 1.71. The Labute approximate surface area is 183 Å². The molecule has 1 aromatic heterocycles. The number of amides is 1. The minimum Gasteiger partial charge on any atom is -0.486 e. The molecule has 0 saturated heterocycles. The molecule has 1 N–H and O–H groups in total. The number of aromatic nitrogens is 3. The van der Waals surface area contributed by atoms with E-state index in [-0.39, 0.29) is 11.7 Å². The SMILES string of the molecule is CCn1c(COc2cccc(C)c2)nnc1SCC(=O)Nc1ccc(Br)cc1C. The van der Waals surface area contributed by atoms with Crippen molar-refractivity contribution >= 4 is 39.3 Å². The van der Waals surface area contributed by atoms with Crippen molar-refractivity contribution in [1.29, 1.82) is 0 Å². The Morgan fingerprint density at radius 3 is 2.76 bits per heavy atom. The molecule has 0 fully saturated rings. The molecule has 0 saturated carbocycles. The van der Waals surface area contributed by atoms with Gasteiger partial charge in [0.25, 0.3) is 0 Å². The van der Waals surface area contributed by atoms with Gasteiger partial charge in [-0.1, -0.05) is 39.8 Å². The minimum atomic E-state index is -0.0800. The van der Waals surface area contributed by atoms with Crippen LogP contribution in [0.5, 0.6) is 5.75 Å². The number of ether oxygens (including phenoxy) is 1. The average molecular weight is 475 g/mol. The number of nitrogens with one attached hydrogen (secondary N) is 1. The molecule has 3 aromatic rings. The van der Waals surface area contributed by atoms with Crippen LogP contribution in [-0.4, -0.2) is 26.4 Å². The lowest BCUT2D eigenvalue weighted by molar-refractivity contribution is -0.113. The average Bonchev–Trinajstić information content (AvgIpc) is 3.09. The molecule has 0 spiro atoms. The number of nitrogens with zero attached hydrogens (tertiary/aromatic N) is 3. The van der Waals surface area contributed by atoms with Gasteiger partial charge >= 0.3 is 0 Å². The maximum Gasteiger partial charge on any atom is 0.234 e. The number of aryl methyl sites for hydroxylation is 2. The van der Waals surface area contributed by atoms with E-state index in [4.69, 9.17) is 4.74 Å². The molecular weight excluding hydrogens is 452 g/mol. The van der Waals surface area contributed by atoms with E-state index in [1.807, 2.05) is 67.8 Å². The first-order valence-corrected chi connectivity index (χ1v) is 11.0. The van der Waals surface area contributed by atoms with Gasteiger partial charge in [-0.3, -0.25) is 4.79 Å². The van der Waals surface area contributed by atoms with Gasteiger partial charge in [0, 0.05) is 16.7 Å². The summed E-state index contributed by atoms with van der Waals surface area (Å²) in [7, 11) is 0. The Morgan fingerprint density at radius 1 is 1.21 bits per heavy atom. The van der Waals surface area contributed by atoms with Crippen LogP contribution < -0.4 is 10.1 Å². The van der Waals surface area contributed by atoms with Crippen LogP contribution in [0.4, 0.5) is 5.69 Å². The molecule has 29 heavy (non-hydrogen) atoms. The van der Waals surface area contributed by atoms with Crippen LogP contribution in [0.25, 0.3) is 0 Å². The number of anilines is 1. The Balaban J connectivity index is 1.58. The minimum absolute atomic E-state index is 0.0800. The van der Waals surface area contributed by atoms with E-state index in [9.17, 15) is 4.79 Å². The van der Waals surface area contributed by atoms with E-state index < -0.39 is 0 Å². The summed E-state index contributed by atoms with van der Waals surface area (Å²) in [5, 5.41) is 12.1. The molecule has 0 aliphatic heterocycles. The van der Waals surface area contributed by atoms with Crippen LogP contribution in [0, 0.1) is 13.8 Å². The maximum absolute atomic E-state index is 12.3. The number of thioether (sulfide) groups is 1. The second-order valence-electron chi connectivity index (χ2n) is 6.54. The highest BCUT2D eigenvalue weighted by Crippen LogP contribution is 2.22. The number of hydrogen-bond acceptors (Lipinski definition) is 5. The number of carbonyl (C=O) groups excluding carboxylic acids is 1. The quantitative estimate of drug-likeness (QED) is 0.465. The van der Waals surface area contributed by atoms with Gasteiger partial charge in [-0.25, -0.2) is 0 Å². The first-order chi connectivity index (χ1) is 14.0. The summed E-state index contributed by atoms with van der Waals surface area (Å²) >= 11 is 4.79. The molecule has 3 rings (SSSR count). The molecule has 2 aromatic carbocycles.